The third-order valence-electron chi connectivity index (χ3n) is 4.39. The van der Waals surface area contributed by atoms with Crippen molar-refractivity contribution in [3.05, 3.63) is 0 Å². The fourth-order valence-corrected chi connectivity index (χ4v) is 3.11. The molecule has 106 valence electrons. The van der Waals surface area contributed by atoms with E-state index in [-0.39, 0.29) is 6.61 Å². The third kappa shape index (κ3) is 3.67. The molecule has 2 rings (SSSR count). The monoisotopic (exact) mass is 256 g/mol. The number of aliphatic hydroxyl groups excluding tert-OH is 1. The van der Waals surface area contributed by atoms with E-state index in [0.717, 1.165) is 39.3 Å². The second kappa shape index (κ2) is 7.43. The summed E-state index contributed by atoms with van der Waals surface area (Å²) in [6.45, 7) is 7.12. The van der Waals surface area contributed by atoms with Crippen molar-refractivity contribution in [3.8, 4) is 0 Å². The zero-order chi connectivity index (χ0) is 12.8. The number of aliphatic hydroxyl groups is 1. The molecule has 1 heterocycles. The highest BCUT2D eigenvalue weighted by Gasteiger charge is 2.31. The summed E-state index contributed by atoms with van der Waals surface area (Å²) < 4.78 is 5.64. The van der Waals surface area contributed by atoms with Crippen LogP contribution in [0.1, 0.15) is 32.6 Å². The van der Waals surface area contributed by atoms with Gasteiger partial charge in [-0.3, -0.25) is 4.90 Å². The summed E-state index contributed by atoms with van der Waals surface area (Å²) in [6.07, 6.45) is 5.08. The number of ether oxygens (including phenoxy) is 1. The van der Waals surface area contributed by atoms with Crippen molar-refractivity contribution in [2.75, 3.05) is 39.5 Å². The SMILES string of the molecule is CCNC1CCOCC1CN(CCO)C1CCC1. The maximum absolute atomic E-state index is 9.22. The smallest absolute Gasteiger partial charge is 0.0558 e. The minimum atomic E-state index is 0.274. The molecule has 2 fully saturated rings. The van der Waals surface area contributed by atoms with Crippen LogP contribution in [-0.2, 0) is 4.74 Å². The highest BCUT2D eigenvalue weighted by atomic mass is 16.5. The van der Waals surface area contributed by atoms with Gasteiger partial charge in [-0.15, -0.1) is 0 Å². The van der Waals surface area contributed by atoms with Crippen molar-refractivity contribution in [2.45, 2.75) is 44.7 Å². The highest BCUT2D eigenvalue weighted by Crippen LogP contribution is 2.26. The molecule has 0 amide bonds. The van der Waals surface area contributed by atoms with E-state index in [2.05, 4.69) is 17.1 Å². The fraction of sp³-hybridized carbons (Fsp3) is 1.00. The molecule has 0 aromatic rings. The van der Waals surface area contributed by atoms with Crippen LogP contribution in [-0.4, -0.2) is 61.5 Å². The maximum Gasteiger partial charge on any atom is 0.0558 e. The molecule has 4 heteroatoms. The van der Waals surface area contributed by atoms with Crippen molar-refractivity contribution in [1.82, 2.24) is 10.2 Å². The van der Waals surface area contributed by atoms with Gasteiger partial charge in [-0.25, -0.2) is 0 Å². The zero-order valence-electron chi connectivity index (χ0n) is 11.6. The Morgan fingerprint density at radius 2 is 2.17 bits per heavy atom. The lowest BCUT2D eigenvalue weighted by atomic mass is 9.88. The van der Waals surface area contributed by atoms with Gasteiger partial charge in [0, 0.05) is 37.7 Å². The predicted octanol–water partition coefficient (Wildman–Crippen LogP) is 0.848. The van der Waals surface area contributed by atoms with Gasteiger partial charge in [0.15, 0.2) is 0 Å². The van der Waals surface area contributed by atoms with Gasteiger partial charge in [0.2, 0.25) is 0 Å². The van der Waals surface area contributed by atoms with E-state index in [4.69, 9.17) is 4.74 Å². The first-order valence-corrected chi connectivity index (χ1v) is 7.51. The Bertz CT molecular complexity index is 232. The van der Waals surface area contributed by atoms with Crippen LogP contribution >= 0.6 is 0 Å². The van der Waals surface area contributed by atoms with E-state index in [1.165, 1.54) is 19.3 Å². The van der Waals surface area contributed by atoms with Gasteiger partial charge in [0.05, 0.1) is 13.2 Å². The van der Waals surface area contributed by atoms with Gasteiger partial charge >= 0.3 is 0 Å². The minimum absolute atomic E-state index is 0.274. The van der Waals surface area contributed by atoms with Crippen molar-refractivity contribution < 1.29 is 9.84 Å². The van der Waals surface area contributed by atoms with Crippen LogP contribution in [0.5, 0.6) is 0 Å². The van der Waals surface area contributed by atoms with Crippen LogP contribution in [0.2, 0.25) is 0 Å². The second-order valence-electron chi connectivity index (χ2n) is 5.59. The zero-order valence-corrected chi connectivity index (χ0v) is 11.6. The first kappa shape index (κ1) is 14.3. The molecule has 1 saturated carbocycles. The Labute approximate surface area is 111 Å². The molecule has 0 aromatic carbocycles. The summed E-state index contributed by atoms with van der Waals surface area (Å²) >= 11 is 0. The average molecular weight is 256 g/mol. The topological polar surface area (TPSA) is 44.7 Å². The molecule has 2 N–H and O–H groups in total. The van der Waals surface area contributed by atoms with Gasteiger partial charge in [-0.1, -0.05) is 13.3 Å². The van der Waals surface area contributed by atoms with Crippen LogP contribution in [0.25, 0.3) is 0 Å². The van der Waals surface area contributed by atoms with Crippen molar-refractivity contribution in [1.29, 1.82) is 0 Å². The molecule has 1 aliphatic heterocycles. The van der Waals surface area contributed by atoms with Crippen LogP contribution in [0, 0.1) is 5.92 Å². The van der Waals surface area contributed by atoms with E-state index >= 15 is 0 Å². The Morgan fingerprint density at radius 3 is 2.78 bits per heavy atom. The third-order valence-corrected chi connectivity index (χ3v) is 4.39. The lowest BCUT2D eigenvalue weighted by molar-refractivity contribution is -0.00115. The summed E-state index contributed by atoms with van der Waals surface area (Å²) in [4.78, 5) is 2.48. The van der Waals surface area contributed by atoms with Gasteiger partial charge < -0.3 is 15.2 Å². The lowest BCUT2D eigenvalue weighted by Gasteiger charge is -2.42. The van der Waals surface area contributed by atoms with Crippen molar-refractivity contribution in [2.24, 2.45) is 5.92 Å². The molecule has 0 radical (unpaired) electrons. The molecule has 0 aromatic heterocycles. The molecule has 0 bridgehead atoms. The van der Waals surface area contributed by atoms with Crippen LogP contribution in [0.15, 0.2) is 0 Å². The predicted molar refractivity (Wildman–Crippen MR) is 72.7 cm³/mol. The molecule has 2 aliphatic rings. The summed E-state index contributed by atoms with van der Waals surface area (Å²) in [6, 6.07) is 1.30. The molecular formula is C14H28N2O2. The van der Waals surface area contributed by atoms with Gasteiger partial charge in [0.1, 0.15) is 0 Å². The van der Waals surface area contributed by atoms with Gasteiger partial charge in [-0.05, 0) is 25.8 Å². The maximum atomic E-state index is 9.22. The quantitative estimate of drug-likeness (QED) is 0.709. The molecule has 4 nitrogen and oxygen atoms in total. The van der Waals surface area contributed by atoms with E-state index in [1.54, 1.807) is 0 Å². The lowest BCUT2D eigenvalue weighted by Crippen LogP contribution is -2.51. The highest BCUT2D eigenvalue weighted by molar-refractivity contribution is 4.86. The van der Waals surface area contributed by atoms with Gasteiger partial charge in [-0.2, -0.15) is 0 Å². The first-order valence-electron chi connectivity index (χ1n) is 7.51. The number of nitrogens with zero attached hydrogens (tertiary/aromatic N) is 1. The molecular weight excluding hydrogens is 228 g/mol. The number of hydrogen-bond donors (Lipinski definition) is 2. The minimum Gasteiger partial charge on any atom is -0.395 e. The molecule has 1 saturated heterocycles. The number of hydrogen-bond acceptors (Lipinski definition) is 4. The largest absolute Gasteiger partial charge is 0.395 e. The Balaban J connectivity index is 1.86. The first-order chi connectivity index (χ1) is 8.85. The molecule has 2 unspecified atom stereocenters. The van der Waals surface area contributed by atoms with Crippen molar-refractivity contribution >= 4 is 0 Å². The van der Waals surface area contributed by atoms with E-state index in [9.17, 15) is 5.11 Å². The Morgan fingerprint density at radius 1 is 1.33 bits per heavy atom. The normalized spacial score (nSPS) is 29.5. The van der Waals surface area contributed by atoms with Crippen LogP contribution in [0.3, 0.4) is 0 Å². The Hall–Kier alpha value is -0.160. The molecule has 2 atom stereocenters. The second-order valence-corrected chi connectivity index (χ2v) is 5.59. The fourth-order valence-electron chi connectivity index (χ4n) is 3.11. The Kier molecular flexibility index (Phi) is 5.89. The summed E-state index contributed by atoms with van der Waals surface area (Å²) in [5, 5.41) is 12.8. The standard InChI is InChI=1S/C14H28N2O2/c1-2-15-14-6-9-18-11-12(14)10-16(7-8-17)13-4-3-5-13/h12-15,17H,2-11H2,1H3. The average Bonchev–Trinajstić information content (AvgIpc) is 2.30. The van der Waals surface area contributed by atoms with E-state index < -0.39 is 0 Å². The molecule has 1 aliphatic carbocycles. The summed E-state index contributed by atoms with van der Waals surface area (Å²) in [7, 11) is 0. The van der Waals surface area contributed by atoms with Gasteiger partial charge in [0.25, 0.3) is 0 Å². The molecule has 0 spiro atoms. The van der Waals surface area contributed by atoms with Crippen LogP contribution in [0.4, 0.5) is 0 Å². The van der Waals surface area contributed by atoms with E-state index in [1.807, 2.05) is 0 Å². The number of rotatable bonds is 7. The van der Waals surface area contributed by atoms with E-state index in [0.29, 0.717) is 18.0 Å². The summed E-state index contributed by atoms with van der Waals surface area (Å²) in [5.41, 5.74) is 0. The van der Waals surface area contributed by atoms with Crippen LogP contribution < -0.4 is 5.32 Å². The summed E-state index contributed by atoms with van der Waals surface area (Å²) in [5.74, 6) is 0.575. The molecule has 18 heavy (non-hydrogen) atoms. The van der Waals surface area contributed by atoms with Crippen molar-refractivity contribution in [3.63, 3.8) is 0 Å². The number of nitrogens with one attached hydrogen (secondary N) is 1.